The second-order valence-corrected chi connectivity index (χ2v) is 10.7. The molecule has 0 bridgehead atoms. The van der Waals surface area contributed by atoms with E-state index in [4.69, 9.17) is 10.7 Å². The number of amides is 1. The van der Waals surface area contributed by atoms with Crippen LogP contribution in [0.15, 0.2) is 36.5 Å². The van der Waals surface area contributed by atoms with Gasteiger partial charge in [-0.3, -0.25) is 9.20 Å². The molecule has 4 aromatic rings. The summed E-state index contributed by atoms with van der Waals surface area (Å²) in [5, 5.41) is 20.8. The number of rotatable bonds is 4. The summed E-state index contributed by atoms with van der Waals surface area (Å²) in [6.45, 7) is 3.64. The molecule has 2 aromatic heterocycles. The Balaban J connectivity index is 1.39. The first-order valence-electron chi connectivity index (χ1n) is 12.6. The molecule has 1 aliphatic carbocycles. The molecule has 0 spiro atoms. The van der Waals surface area contributed by atoms with Crippen molar-refractivity contribution in [2.75, 3.05) is 17.2 Å². The number of aryl methyl sites for hydroxylation is 1. The van der Waals surface area contributed by atoms with E-state index >= 15 is 4.39 Å². The third kappa shape index (κ3) is 4.12. The first-order chi connectivity index (χ1) is 18.4. The Kier molecular flexibility index (Phi) is 5.70. The SMILES string of the molecule is Cc1cn2c(C3CC(C)(O)C3)nc(-c3ccc4c(c3F)CCN4C(=O)C(O)c3cc(F)cc(F)c3)c2c(N)n1. The van der Waals surface area contributed by atoms with Crippen molar-refractivity contribution in [3.63, 3.8) is 0 Å². The molecular weight excluding hydrogens is 511 g/mol. The van der Waals surface area contributed by atoms with Gasteiger partial charge in [0, 0.05) is 41.5 Å². The van der Waals surface area contributed by atoms with Gasteiger partial charge in [-0.1, -0.05) is 0 Å². The lowest BCUT2D eigenvalue weighted by molar-refractivity contribution is -0.126. The average Bonchev–Trinajstić information content (AvgIpc) is 3.44. The summed E-state index contributed by atoms with van der Waals surface area (Å²) >= 11 is 0. The average molecular weight is 538 g/mol. The zero-order valence-corrected chi connectivity index (χ0v) is 21.3. The quantitative estimate of drug-likeness (QED) is 0.363. The Labute approximate surface area is 221 Å². The van der Waals surface area contributed by atoms with E-state index in [1.165, 1.54) is 11.0 Å². The standard InChI is InChI=1S/C28H26F3N5O3/c1-13-12-36-23(25(32)33-13)22(34-26(36)15-10-28(2,39)11-15)19-3-4-20-18(21(19)31)5-6-35(20)27(38)24(37)14-7-16(29)9-17(30)8-14/h3-4,7-9,12,15,24,37,39H,5-6,10-11H2,1-2H3,(H2,32,33). The number of halogens is 3. The largest absolute Gasteiger partial charge is 0.390 e. The van der Waals surface area contributed by atoms with Crippen molar-refractivity contribution < 1.29 is 28.2 Å². The molecule has 1 atom stereocenters. The van der Waals surface area contributed by atoms with Crippen LogP contribution >= 0.6 is 0 Å². The predicted octanol–water partition coefficient (Wildman–Crippen LogP) is 3.96. The topological polar surface area (TPSA) is 117 Å². The van der Waals surface area contributed by atoms with Crippen LogP contribution in [0.3, 0.4) is 0 Å². The van der Waals surface area contributed by atoms with Crippen molar-refractivity contribution in [3.8, 4) is 11.3 Å². The van der Waals surface area contributed by atoms with Crippen LogP contribution in [-0.4, -0.2) is 42.6 Å². The second kappa shape index (κ2) is 8.78. The number of carbonyl (C=O) groups excluding carboxylic acids is 1. The number of aliphatic hydroxyl groups excluding tert-OH is 1. The van der Waals surface area contributed by atoms with Crippen molar-refractivity contribution in [3.05, 3.63) is 76.6 Å². The molecule has 8 nitrogen and oxygen atoms in total. The van der Waals surface area contributed by atoms with Gasteiger partial charge in [0.1, 0.15) is 40.3 Å². The summed E-state index contributed by atoms with van der Waals surface area (Å²) in [6.07, 6.45) is 1.15. The summed E-state index contributed by atoms with van der Waals surface area (Å²) in [7, 11) is 0. The fourth-order valence-corrected chi connectivity index (χ4v) is 5.83. The Bertz CT molecular complexity index is 1640. The van der Waals surface area contributed by atoms with E-state index in [2.05, 4.69) is 4.98 Å². The van der Waals surface area contributed by atoms with Gasteiger partial charge in [0.05, 0.1) is 11.3 Å². The number of imidazole rings is 1. The first kappa shape index (κ1) is 25.3. The van der Waals surface area contributed by atoms with Crippen molar-refractivity contribution in [2.45, 2.75) is 50.7 Å². The highest BCUT2D eigenvalue weighted by Gasteiger charge is 2.42. The fourth-order valence-electron chi connectivity index (χ4n) is 5.83. The van der Waals surface area contributed by atoms with Crippen molar-refractivity contribution in [1.82, 2.24) is 14.4 Å². The molecule has 0 saturated heterocycles. The van der Waals surface area contributed by atoms with Crippen molar-refractivity contribution in [2.24, 2.45) is 0 Å². The highest BCUT2D eigenvalue weighted by atomic mass is 19.1. The third-order valence-corrected chi connectivity index (χ3v) is 7.58. The number of carbonyl (C=O) groups is 1. The number of anilines is 2. The van der Waals surface area contributed by atoms with Crippen LogP contribution in [0.5, 0.6) is 0 Å². The number of fused-ring (bicyclic) bond motifs is 2. The first-order valence-corrected chi connectivity index (χ1v) is 12.6. The summed E-state index contributed by atoms with van der Waals surface area (Å²) in [4.78, 5) is 23.4. The number of hydrogen-bond acceptors (Lipinski definition) is 6. The van der Waals surface area contributed by atoms with E-state index in [1.807, 2.05) is 4.40 Å². The van der Waals surface area contributed by atoms with E-state index in [1.54, 1.807) is 26.1 Å². The molecule has 4 N–H and O–H groups in total. The number of nitrogens with zero attached hydrogens (tertiary/aromatic N) is 4. The molecule has 11 heteroatoms. The van der Waals surface area contributed by atoms with Crippen LogP contribution in [0.2, 0.25) is 0 Å². The molecule has 1 fully saturated rings. The van der Waals surface area contributed by atoms with Gasteiger partial charge in [0.15, 0.2) is 6.10 Å². The molecule has 2 aliphatic rings. The second-order valence-electron chi connectivity index (χ2n) is 10.7. The minimum atomic E-state index is -1.82. The molecule has 0 radical (unpaired) electrons. The lowest BCUT2D eigenvalue weighted by Crippen LogP contribution is -2.40. The highest BCUT2D eigenvalue weighted by Crippen LogP contribution is 2.46. The number of hydrogen-bond donors (Lipinski definition) is 3. The normalized spacial score (nSPS) is 21.2. The molecular formula is C28H26F3N5O3. The lowest BCUT2D eigenvalue weighted by Gasteiger charge is -2.40. The van der Waals surface area contributed by atoms with Gasteiger partial charge in [-0.05, 0) is 62.9 Å². The van der Waals surface area contributed by atoms with E-state index in [0.29, 0.717) is 41.6 Å². The van der Waals surface area contributed by atoms with Crippen LogP contribution in [0.4, 0.5) is 24.7 Å². The zero-order chi connectivity index (χ0) is 27.8. The smallest absolute Gasteiger partial charge is 0.260 e. The number of nitrogen functional groups attached to an aromatic ring is 1. The van der Waals surface area contributed by atoms with Crippen molar-refractivity contribution in [1.29, 1.82) is 0 Å². The molecule has 1 unspecified atom stereocenters. The van der Waals surface area contributed by atoms with Crippen LogP contribution in [0.25, 0.3) is 16.8 Å². The molecule has 39 heavy (non-hydrogen) atoms. The lowest BCUT2D eigenvalue weighted by atomic mass is 9.72. The van der Waals surface area contributed by atoms with Gasteiger partial charge in [0.2, 0.25) is 0 Å². The molecule has 6 rings (SSSR count). The maximum atomic E-state index is 16.0. The van der Waals surface area contributed by atoms with Gasteiger partial charge in [-0.25, -0.2) is 23.1 Å². The molecule has 3 heterocycles. The van der Waals surface area contributed by atoms with E-state index in [0.717, 1.165) is 12.1 Å². The molecule has 1 amide bonds. The maximum absolute atomic E-state index is 16.0. The third-order valence-electron chi connectivity index (χ3n) is 7.58. The molecule has 2 aromatic carbocycles. The summed E-state index contributed by atoms with van der Waals surface area (Å²) in [6, 6.07) is 5.47. The van der Waals surface area contributed by atoms with Crippen LogP contribution in [-0.2, 0) is 11.2 Å². The highest BCUT2D eigenvalue weighted by molar-refractivity contribution is 5.99. The van der Waals surface area contributed by atoms with Crippen LogP contribution in [0, 0.1) is 24.4 Å². The molecule has 1 aliphatic heterocycles. The number of aliphatic hydroxyl groups is 2. The zero-order valence-electron chi connectivity index (χ0n) is 21.3. The van der Waals surface area contributed by atoms with Crippen molar-refractivity contribution >= 4 is 22.9 Å². The Morgan fingerprint density at radius 2 is 1.85 bits per heavy atom. The molecule has 202 valence electrons. The Morgan fingerprint density at radius 1 is 1.15 bits per heavy atom. The maximum Gasteiger partial charge on any atom is 0.260 e. The number of nitrogens with two attached hydrogens (primary N) is 1. The minimum absolute atomic E-state index is 0.0396. The van der Waals surface area contributed by atoms with Crippen LogP contribution < -0.4 is 10.6 Å². The van der Waals surface area contributed by atoms with Gasteiger partial charge >= 0.3 is 0 Å². The van der Waals surface area contributed by atoms with E-state index < -0.39 is 35.1 Å². The van der Waals surface area contributed by atoms with E-state index in [-0.39, 0.29) is 47.1 Å². The van der Waals surface area contributed by atoms with Gasteiger partial charge in [0.25, 0.3) is 5.91 Å². The Morgan fingerprint density at radius 3 is 2.51 bits per heavy atom. The van der Waals surface area contributed by atoms with Gasteiger partial charge < -0.3 is 20.8 Å². The van der Waals surface area contributed by atoms with E-state index in [9.17, 15) is 23.8 Å². The monoisotopic (exact) mass is 537 g/mol. The van der Waals surface area contributed by atoms with Gasteiger partial charge in [-0.15, -0.1) is 0 Å². The number of aromatic nitrogens is 3. The summed E-state index contributed by atoms with van der Waals surface area (Å²) in [5.74, 6) is -2.43. The number of benzene rings is 2. The predicted molar refractivity (Wildman–Crippen MR) is 138 cm³/mol. The Hall–Kier alpha value is -3.96. The van der Waals surface area contributed by atoms with Crippen LogP contribution in [0.1, 0.15) is 54.4 Å². The molecule has 1 saturated carbocycles. The van der Waals surface area contributed by atoms with Gasteiger partial charge in [-0.2, -0.15) is 0 Å². The minimum Gasteiger partial charge on any atom is -0.390 e. The fraction of sp³-hybridized carbons (Fsp3) is 0.321. The summed E-state index contributed by atoms with van der Waals surface area (Å²) in [5.41, 5.74) is 7.39. The summed E-state index contributed by atoms with van der Waals surface area (Å²) < 4.78 is 45.1.